The number of hydrogen-bond donors (Lipinski definition) is 2. The summed E-state index contributed by atoms with van der Waals surface area (Å²) in [5, 5.41) is 4.73. The van der Waals surface area contributed by atoms with Gasteiger partial charge in [0.05, 0.1) is 31.0 Å². The molecular formula is C18H20F3N5O2. The van der Waals surface area contributed by atoms with Crippen LogP contribution in [-0.2, 0) is 17.5 Å². The number of para-hydroxylation sites is 1. The van der Waals surface area contributed by atoms with E-state index in [0.717, 1.165) is 17.6 Å². The molecule has 3 rings (SSSR count). The van der Waals surface area contributed by atoms with E-state index in [9.17, 15) is 18.0 Å². The molecule has 0 radical (unpaired) electrons. The second-order valence-electron chi connectivity index (χ2n) is 6.23. The number of alkyl halides is 3. The van der Waals surface area contributed by atoms with Gasteiger partial charge >= 0.3 is 12.2 Å². The quantitative estimate of drug-likeness (QED) is 0.832. The van der Waals surface area contributed by atoms with Crippen molar-refractivity contribution in [2.75, 3.05) is 36.5 Å². The van der Waals surface area contributed by atoms with Gasteiger partial charge in [-0.15, -0.1) is 0 Å². The lowest BCUT2D eigenvalue weighted by Gasteiger charge is -2.28. The minimum Gasteiger partial charge on any atom is -0.378 e. The van der Waals surface area contributed by atoms with Gasteiger partial charge < -0.3 is 20.3 Å². The number of hydrogen-bond acceptors (Lipinski definition) is 5. The molecule has 1 fully saturated rings. The lowest BCUT2D eigenvalue weighted by atomic mass is 10.1. The largest absolute Gasteiger partial charge is 0.418 e. The number of nitrogens with zero attached hydrogens (tertiary/aromatic N) is 3. The SMILES string of the molecule is Cc1cc(N2CCOCC2)nc(CNC(=O)Nc2ccccc2C(F)(F)F)n1. The lowest BCUT2D eigenvalue weighted by molar-refractivity contribution is -0.136. The Labute approximate surface area is 159 Å². The Bertz CT molecular complexity index is 838. The highest BCUT2D eigenvalue weighted by Gasteiger charge is 2.33. The van der Waals surface area contributed by atoms with Gasteiger partial charge in [0, 0.05) is 24.8 Å². The van der Waals surface area contributed by atoms with E-state index in [-0.39, 0.29) is 12.2 Å². The van der Waals surface area contributed by atoms with Crippen molar-refractivity contribution < 1.29 is 22.7 Å². The molecule has 2 amide bonds. The van der Waals surface area contributed by atoms with Crippen molar-refractivity contribution in [3.05, 3.63) is 47.4 Å². The number of ether oxygens (including phenoxy) is 1. The summed E-state index contributed by atoms with van der Waals surface area (Å²) in [5.74, 6) is 1.11. The molecule has 2 N–H and O–H groups in total. The van der Waals surface area contributed by atoms with Crippen molar-refractivity contribution in [1.82, 2.24) is 15.3 Å². The van der Waals surface area contributed by atoms with Crippen molar-refractivity contribution in [2.45, 2.75) is 19.6 Å². The van der Waals surface area contributed by atoms with Crippen LogP contribution < -0.4 is 15.5 Å². The Morgan fingerprint density at radius 1 is 1.21 bits per heavy atom. The van der Waals surface area contributed by atoms with Crippen LogP contribution in [0.3, 0.4) is 0 Å². The normalized spacial score (nSPS) is 14.6. The standard InChI is InChI=1S/C18H20F3N5O2/c1-12-10-16(26-6-8-28-9-7-26)25-15(23-12)11-22-17(27)24-14-5-3-2-4-13(14)18(19,20)21/h2-5,10H,6-9,11H2,1H3,(H2,22,24,27). The molecule has 0 unspecified atom stereocenters. The third-order valence-corrected chi connectivity index (χ3v) is 4.11. The van der Waals surface area contributed by atoms with Crippen LogP contribution in [0.15, 0.2) is 30.3 Å². The lowest BCUT2D eigenvalue weighted by Crippen LogP contribution is -2.37. The number of aromatic nitrogens is 2. The van der Waals surface area contributed by atoms with Crippen molar-refractivity contribution in [3.8, 4) is 0 Å². The highest BCUT2D eigenvalue weighted by Crippen LogP contribution is 2.34. The predicted octanol–water partition coefficient (Wildman–Crippen LogP) is 2.96. The van der Waals surface area contributed by atoms with E-state index < -0.39 is 17.8 Å². The van der Waals surface area contributed by atoms with Crippen molar-refractivity contribution in [3.63, 3.8) is 0 Å². The molecule has 0 saturated carbocycles. The first kappa shape index (κ1) is 19.9. The Balaban J connectivity index is 1.64. The maximum atomic E-state index is 13.0. The fourth-order valence-corrected chi connectivity index (χ4v) is 2.81. The fraction of sp³-hybridized carbons (Fsp3) is 0.389. The van der Waals surface area contributed by atoms with E-state index in [4.69, 9.17) is 4.74 Å². The third-order valence-electron chi connectivity index (χ3n) is 4.11. The number of rotatable bonds is 4. The molecule has 10 heteroatoms. The topological polar surface area (TPSA) is 79.4 Å². The maximum Gasteiger partial charge on any atom is 0.418 e. The van der Waals surface area contributed by atoms with Crippen LogP contribution in [0.2, 0.25) is 0 Å². The Kier molecular flexibility index (Phi) is 5.98. The molecule has 7 nitrogen and oxygen atoms in total. The van der Waals surface area contributed by atoms with Crippen LogP contribution in [-0.4, -0.2) is 42.3 Å². The van der Waals surface area contributed by atoms with E-state index in [1.807, 2.05) is 13.0 Å². The number of halogens is 3. The van der Waals surface area contributed by atoms with Crippen LogP contribution in [0, 0.1) is 6.92 Å². The summed E-state index contributed by atoms with van der Waals surface area (Å²) >= 11 is 0. The number of aryl methyl sites for hydroxylation is 1. The van der Waals surface area contributed by atoms with Crippen LogP contribution >= 0.6 is 0 Å². The first-order valence-electron chi connectivity index (χ1n) is 8.71. The molecule has 150 valence electrons. The van der Waals surface area contributed by atoms with Gasteiger partial charge in [-0.05, 0) is 19.1 Å². The smallest absolute Gasteiger partial charge is 0.378 e. The van der Waals surface area contributed by atoms with Crippen LogP contribution in [0.1, 0.15) is 17.1 Å². The summed E-state index contributed by atoms with van der Waals surface area (Å²) in [6, 6.07) is 5.86. The van der Waals surface area contributed by atoms with Gasteiger partial charge in [0.25, 0.3) is 0 Å². The van der Waals surface area contributed by atoms with E-state index in [1.54, 1.807) is 0 Å². The minimum absolute atomic E-state index is 0.0148. The fourth-order valence-electron chi connectivity index (χ4n) is 2.81. The first-order valence-corrected chi connectivity index (χ1v) is 8.71. The molecule has 0 aliphatic carbocycles. The summed E-state index contributed by atoms with van der Waals surface area (Å²) in [6.07, 6.45) is -4.56. The average molecular weight is 395 g/mol. The number of morpholine rings is 1. The Morgan fingerprint density at radius 2 is 1.93 bits per heavy atom. The van der Waals surface area contributed by atoms with Gasteiger partial charge in [-0.2, -0.15) is 13.2 Å². The molecule has 28 heavy (non-hydrogen) atoms. The molecule has 2 aromatic rings. The number of urea groups is 1. The zero-order chi connectivity index (χ0) is 20.1. The van der Waals surface area contributed by atoms with Gasteiger partial charge in [0.15, 0.2) is 0 Å². The molecule has 1 saturated heterocycles. The highest BCUT2D eigenvalue weighted by molar-refractivity contribution is 5.90. The van der Waals surface area contributed by atoms with E-state index >= 15 is 0 Å². The van der Waals surface area contributed by atoms with E-state index in [2.05, 4.69) is 25.5 Å². The number of carbonyl (C=O) groups excluding carboxylic acids is 1. The Hall–Kier alpha value is -2.88. The summed E-state index contributed by atoms with van der Waals surface area (Å²) < 4.78 is 44.4. The first-order chi connectivity index (χ1) is 13.3. The van der Waals surface area contributed by atoms with Gasteiger partial charge in [-0.1, -0.05) is 12.1 Å². The number of amides is 2. The number of benzene rings is 1. The summed E-state index contributed by atoms with van der Waals surface area (Å²) in [4.78, 5) is 22.8. The molecule has 0 atom stereocenters. The van der Waals surface area contributed by atoms with E-state index in [1.165, 1.54) is 18.2 Å². The predicted molar refractivity (Wildman–Crippen MR) is 97.1 cm³/mol. The van der Waals surface area contributed by atoms with Crippen molar-refractivity contribution in [2.24, 2.45) is 0 Å². The van der Waals surface area contributed by atoms with Gasteiger partial charge in [-0.25, -0.2) is 14.8 Å². The number of anilines is 2. The van der Waals surface area contributed by atoms with Crippen molar-refractivity contribution in [1.29, 1.82) is 0 Å². The molecular weight excluding hydrogens is 375 g/mol. The molecule has 1 aromatic carbocycles. The monoisotopic (exact) mass is 395 g/mol. The van der Waals surface area contributed by atoms with Crippen LogP contribution in [0.4, 0.5) is 29.5 Å². The minimum atomic E-state index is -4.56. The zero-order valence-electron chi connectivity index (χ0n) is 15.2. The molecule has 0 bridgehead atoms. The van der Waals surface area contributed by atoms with Gasteiger partial charge in [0.2, 0.25) is 0 Å². The molecule has 2 heterocycles. The zero-order valence-corrected chi connectivity index (χ0v) is 15.2. The number of nitrogens with one attached hydrogen (secondary N) is 2. The number of carbonyl (C=O) groups is 1. The molecule has 0 spiro atoms. The van der Waals surface area contributed by atoms with Gasteiger partial charge in [0.1, 0.15) is 11.6 Å². The van der Waals surface area contributed by atoms with Gasteiger partial charge in [-0.3, -0.25) is 0 Å². The summed E-state index contributed by atoms with van der Waals surface area (Å²) in [7, 11) is 0. The average Bonchev–Trinajstić information content (AvgIpc) is 2.66. The Morgan fingerprint density at radius 3 is 2.64 bits per heavy atom. The second kappa shape index (κ2) is 8.42. The highest BCUT2D eigenvalue weighted by atomic mass is 19.4. The maximum absolute atomic E-state index is 13.0. The third kappa shape index (κ3) is 5.10. The van der Waals surface area contributed by atoms with Crippen molar-refractivity contribution >= 4 is 17.5 Å². The molecule has 1 aromatic heterocycles. The summed E-state index contributed by atoms with van der Waals surface area (Å²) in [5.41, 5.74) is -0.491. The molecule has 1 aliphatic rings. The summed E-state index contributed by atoms with van der Waals surface area (Å²) in [6.45, 7) is 4.43. The second-order valence-corrected chi connectivity index (χ2v) is 6.23. The molecule has 1 aliphatic heterocycles. The van der Waals surface area contributed by atoms with Crippen LogP contribution in [0.5, 0.6) is 0 Å². The van der Waals surface area contributed by atoms with Crippen LogP contribution in [0.25, 0.3) is 0 Å². The van der Waals surface area contributed by atoms with E-state index in [0.29, 0.717) is 32.1 Å².